The molecule has 1 amide bonds. The Bertz CT molecular complexity index is 1850. The maximum absolute atomic E-state index is 13.5. The van der Waals surface area contributed by atoms with E-state index in [1.54, 1.807) is 12.3 Å². The smallest absolute Gasteiger partial charge is 0.279 e. The SMILES string of the molecule is CN(C)Cc1ccc(Nc2ncc3cc(/C=C/CNC(=O)c4ccnn(Cc5ccc(F)c(F)c5)c4=O)ccc3n2)cc1. The highest BCUT2D eigenvalue weighted by atomic mass is 19.2. The lowest BCUT2D eigenvalue weighted by molar-refractivity contribution is 0.0955. The summed E-state index contributed by atoms with van der Waals surface area (Å²) in [6, 6.07) is 18.5. The first kappa shape index (κ1) is 29.2. The molecule has 9 nitrogen and oxygen atoms in total. The number of hydrogen-bond donors (Lipinski definition) is 2. The van der Waals surface area contributed by atoms with Gasteiger partial charge >= 0.3 is 0 Å². The van der Waals surface area contributed by atoms with Gasteiger partial charge in [-0.2, -0.15) is 5.10 Å². The summed E-state index contributed by atoms with van der Waals surface area (Å²) in [5.41, 5.74) is 3.38. The summed E-state index contributed by atoms with van der Waals surface area (Å²) in [7, 11) is 4.06. The second-order valence-electron chi connectivity index (χ2n) is 10.1. The number of nitrogens with zero attached hydrogens (tertiary/aromatic N) is 5. The van der Waals surface area contributed by atoms with Crippen molar-refractivity contribution < 1.29 is 13.6 Å². The third-order valence-electron chi connectivity index (χ3n) is 6.48. The van der Waals surface area contributed by atoms with E-state index in [2.05, 4.69) is 42.7 Å². The number of halogens is 2. The van der Waals surface area contributed by atoms with Gasteiger partial charge < -0.3 is 15.5 Å². The van der Waals surface area contributed by atoms with Crippen LogP contribution in [0.5, 0.6) is 0 Å². The monoisotopic (exact) mass is 581 g/mol. The summed E-state index contributed by atoms with van der Waals surface area (Å²) in [6.45, 7) is 0.935. The zero-order valence-corrected chi connectivity index (χ0v) is 23.6. The van der Waals surface area contributed by atoms with E-state index in [1.807, 2.05) is 50.5 Å². The number of anilines is 2. The van der Waals surface area contributed by atoms with Crippen LogP contribution in [0.2, 0.25) is 0 Å². The fourth-order valence-corrected chi connectivity index (χ4v) is 4.39. The van der Waals surface area contributed by atoms with Crippen LogP contribution >= 0.6 is 0 Å². The number of hydrogen-bond acceptors (Lipinski definition) is 7. The Balaban J connectivity index is 1.18. The van der Waals surface area contributed by atoms with Gasteiger partial charge in [-0.25, -0.2) is 23.4 Å². The van der Waals surface area contributed by atoms with Crippen LogP contribution in [0.1, 0.15) is 27.0 Å². The van der Waals surface area contributed by atoms with E-state index in [-0.39, 0.29) is 18.7 Å². The molecular weight excluding hydrogens is 552 g/mol. The Morgan fingerprint density at radius 1 is 0.977 bits per heavy atom. The average molecular weight is 582 g/mol. The normalized spacial score (nSPS) is 11.4. The summed E-state index contributed by atoms with van der Waals surface area (Å²) in [6.07, 6.45) is 6.66. The largest absolute Gasteiger partial charge is 0.348 e. The second kappa shape index (κ2) is 13.1. The molecule has 0 bridgehead atoms. The fourth-order valence-electron chi connectivity index (χ4n) is 4.39. The molecule has 2 N–H and O–H groups in total. The third kappa shape index (κ3) is 7.52. The number of amides is 1. The minimum atomic E-state index is -1.02. The van der Waals surface area contributed by atoms with Crippen molar-refractivity contribution in [1.82, 2.24) is 30.0 Å². The zero-order chi connectivity index (χ0) is 30.3. The van der Waals surface area contributed by atoms with Gasteiger partial charge in [-0.1, -0.05) is 36.4 Å². The van der Waals surface area contributed by atoms with Gasteiger partial charge in [0.2, 0.25) is 5.95 Å². The van der Waals surface area contributed by atoms with Crippen molar-refractivity contribution in [3.63, 3.8) is 0 Å². The highest BCUT2D eigenvalue weighted by molar-refractivity contribution is 5.93. The Morgan fingerprint density at radius 2 is 1.77 bits per heavy atom. The molecule has 2 aromatic heterocycles. The Morgan fingerprint density at radius 3 is 2.53 bits per heavy atom. The molecule has 0 fully saturated rings. The van der Waals surface area contributed by atoms with Crippen LogP contribution in [0.25, 0.3) is 17.0 Å². The molecule has 0 saturated carbocycles. The predicted octanol–water partition coefficient (Wildman–Crippen LogP) is 4.76. The number of carbonyl (C=O) groups is 1. The number of benzene rings is 3. The van der Waals surface area contributed by atoms with Gasteiger partial charge in [0.1, 0.15) is 5.56 Å². The van der Waals surface area contributed by atoms with Crippen LogP contribution in [0, 0.1) is 11.6 Å². The van der Waals surface area contributed by atoms with E-state index in [4.69, 9.17) is 0 Å². The van der Waals surface area contributed by atoms with E-state index < -0.39 is 23.1 Å². The maximum atomic E-state index is 13.5. The summed E-state index contributed by atoms with van der Waals surface area (Å²) in [5, 5.41) is 10.7. The minimum Gasteiger partial charge on any atom is -0.348 e. The molecule has 5 rings (SSSR count). The van der Waals surface area contributed by atoms with E-state index in [9.17, 15) is 18.4 Å². The highest BCUT2D eigenvalue weighted by Gasteiger charge is 2.13. The second-order valence-corrected chi connectivity index (χ2v) is 10.1. The lowest BCUT2D eigenvalue weighted by atomic mass is 10.1. The van der Waals surface area contributed by atoms with Crippen LogP contribution in [0.3, 0.4) is 0 Å². The first-order chi connectivity index (χ1) is 20.7. The molecule has 0 saturated heterocycles. The number of fused-ring (bicyclic) bond motifs is 1. The number of nitrogens with one attached hydrogen (secondary N) is 2. The number of carbonyl (C=O) groups excluding carboxylic acids is 1. The molecule has 3 aromatic carbocycles. The van der Waals surface area contributed by atoms with Crippen LogP contribution in [0.15, 0.2) is 90.0 Å². The highest BCUT2D eigenvalue weighted by Crippen LogP contribution is 2.19. The van der Waals surface area contributed by atoms with Crippen molar-refractivity contribution in [2.75, 3.05) is 26.0 Å². The van der Waals surface area contributed by atoms with Crippen LogP contribution in [-0.2, 0) is 13.1 Å². The van der Waals surface area contributed by atoms with E-state index in [0.717, 1.165) is 45.5 Å². The molecule has 0 aliphatic rings. The molecule has 0 spiro atoms. The standard InChI is InChI=1S/C32H29F2N7O2/c1-40(2)19-22-5-9-25(10-6-22)38-32-36-18-24-16-21(8-12-29(24)39-32)4-3-14-35-30(42)26-13-15-37-41(31(26)43)20-23-7-11-27(33)28(34)17-23/h3-13,15-18H,14,19-20H2,1-2H3,(H,35,42)(H,36,38,39)/b4-3+. The molecule has 2 heterocycles. The van der Waals surface area contributed by atoms with Gasteiger partial charge in [0, 0.05) is 36.6 Å². The Hall–Kier alpha value is -5.29. The lowest BCUT2D eigenvalue weighted by Gasteiger charge is -2.11. The maximum Gasteiger partial charge on any atom is 0.279 e. The minimum absolute atomic E-state index is 0.107. The van der Waals surface area contributed by atoms with Crippen molar-refractivity contribution >= 4 is 34.5 Å². The Labute approximate surface area is 246 Å². The average Bonchev–Trinajstić information content (AvgIpc) is 2.99. The van der Waals surface area contributed by atoms with E-state index in [1.165, 1.54) is 23.9 Å². The fraction of sp³-hybridized carbons (Fsp3) is 0.156. The van der Waals surface area contributed by atoms with Crippen molar-refractivity contribution in [3.05, 3.63) is 129 Å². The molecule has 43 heavy (non-hydrogen) atoms. The van der Waals surface area contributed by atoms with Crippen molar-refractivity contribution in [1.29, 1.82) is 0 Å². The first-order valence-electron chi connectivity index (χ1n) is 13.5. The third-order valence-corrected chi connectivity index (χ3v) is 6.48. The summed E-state index contributed by atoms with van der Waals surface area (Å²) in [4.78, 5) is 36.6. The lowest BCUT2D eigenvalue weighted by Crippen LogP contribution is -2.34. The molecule has 218 valence electrons. The van der Waals surface area contributed by atoms with Crippen LogP contribution in [-0.4, -0.2) is 51.2 Å². The molecule has 0 atom stereocenters. The molecule has 0 radical (unpaired) electrons. The van der Waals surface area contributed by atoms with Crippen molar-refractivity contribution in [2.45, 2.75) is 13.1 Å². The molecule has 0 unspecified atom stereocenters. The van der Waals surface area contributed by atoms with Gasteiger partial charge in [0.05, 0.1) is 12.1 Å². The van der Waals surface area contributed by atoms with Crippen LogP contribution < -0.4 is 16.2 Å². The number of rotatable bonds is 10. The summed E-state index contributed by atoms with van der Waals surface area (Å²) in [5.74, 6) is -2.08. The van der Waals surface area contributed by atoms with Gasteiger partial charge in [0.15, 0.2) is 11.6 Å². The van der Waals surface area contributed by atoms with Gasteiger partial charge in [0.25, 0.3) is 11.5 Å². The predicted molar refractivity (Wildman–Crippen MR) is 162 cm³/mol. The number of aromatic nitrogens is 4. The van der Waals surface area contributed by atoms with Gasteiger partial charge in [-0.3, -0.25) is 9.59 Å². The molecule has 11 heteroatoms. The van der Waals surface area contributed by atoms with Crippen molar-refractivity contribution in [2.24, 2.45) is 0 Å². The molecular formula is C32H29F2N7O2. The van der Waals surface area contributed by atoms with Gasteiger partial charge in [-0.05, 0) is 73.3 Å². The molecule has 5 aromatic rings. The van der Waals surface area contributed by atoms with Crippen molar-refractivity contribution in [3.8, 4) is 0 Å². The topological polar surface area (TPSA) is 105 Å². The quantitative estimate of drug-likeness (QED) is 0.245. The Kier molecular flexibility index (Phi) is 8.92. The van der Waals surface area contributed by atoms with E-state index in [0.29, 0.717) is 11.5 Å². The molecule has 0 aliphatic heterocycles. The molecule has 0 aliphatic carbocycles. The van der Waals surface area contributed by atoms with Gasteiger partial charge in [-0.15, -0.1) is 0 Å². The zero-order valence-electron chi connectivity index (χ0n) is 23.6. The van der Waals surface area contributed by atoms with Crippen LogP contribution in [0.4, 0.5) is 20.4 Å². The summed E-state index contributed by atoms with van der Waals surface area (Å²) >= 11 is 0. The first-order valence-corrected chi connectivity index (χ1v) is 13.5. The van der Waals surface area contributed by atoms with E-state index >= 15 is 0 Å². The summed E-state index contributed by atoms with van der Waals surface area (Å²) < 4.78 is 27.8.